The molecule has 0 aliphatic rings. The van der Waals surface area contributed by atoms with E-state index >= 15 is 0 Å². The number of carboxylic acid groups (broad SMARTS) is 1. The van der Waals surface area contributed by atoms with Crippen LogP contribution < -0.4 is 5.11 Å². The number of hydrogen-bond donors (Lipinski definition) is 0. The highest BCUT2D eigenvalue weighted by atomic mass is 16.7. The van der Waals surface area contributed by atoms with Crippen molar-refractivity contribution in [1.82, 2.24) is 0 Å². The number of carbonyl (C=O) groups is 3. The van der Waals surface area contributed by atoms with E-state index in [0.717, 1.165) is 44.9 Å². The van der Waals surface area contributed by atoms with Crippen LogP contribution in [0.2, 0.25) is 0 Å². The number of aliphatic carboxylic acids is 1. The Morgan fingerprint density at radius 2 is 0.667 bits per heavy atom. The zero-order chi connectivity index (χ0) is 59.1. The van der Waals surface area contributed by atoms with Crippen LogP contribution in [0.15, 0.2) is 48.6 Å². The maximum absolute atomic E-state index is 12.9. The van der Waals surface area contributed by atoms with Gasteiger partial charge >= 0.3 is 11.9 Å². The first kappa shape index (κ1) is 78.2. The molecule has 0 aromatic carbocycles. The summed E-state index contributed by atoms with van der Waals surface area (Å²) in [5.74, 6) is -2.26. The third-order valence-corrected chi connectivity index (χ3v) is 15.5. The molecule has 0 radical (unpaired) electrons. The van der Waals surface area contributed by atoms with E-state index in [1.54, 1.807) is 0 Å². The van der Waals surface area contributed by atoms with Gasteiger partial charge in [-0.1, -0.05) is 294 Å². The molecule has 0 amide bonds. The summed E-state index contributed by atoms with van der Waals surface area (Å²) in [7, 11) is 5.94. The van der Waals surface area contributed by atoms with Crippen LogP contribution in [-0.4, -0.2) is 82.3 Å². The second-order valence-corrected chi connectivity index (χ2v) is 24.8. The molecule has 0 aliphatic heterocycles. The van der Waals surface area contributed by atoms with Crippen LogP contribution >= 0.6 is 0 Å². The van der Waals surface area contributed by atoms with Crippen LogP contribution in [0.3, 0.4) is 0 Å². The Kier molecular flexibility index (Phi) is 61.1. The third kappa shape index (κ3) is 64.7. The van der Waals surface area contributed by atoms with Crippen LogP contribution in [-0.2, 0) is 33.3 Å². The number of ether oxygens (including phenoxy) is 4. The minimum absolute atomic E-state index is 0.149. The second-order valence-electron chi connectivity index (χ2n) is 24.8. The number of rotatable bonds is 65. The van der Waals surface area contributed by atoms with Gasteiger partial charge in [0.2, 0.25) is 0 Å². The zero-order valence-corrected chi connectivity index (χ0v) is 54.2. The van der Waals surface area contributed by atoms with Gasteiger partial charge in [-0.25, -0.2) is 0 Å². The molecule has 2 unspecified atom stereocenters. The molecule has 0 spiro atoms. The van der Waals surface area contributed by atoms with Gasteiger partial charge in [-0.05, 0) is 77.0 Å². The van der Waals surface area contributed by atoms with E-state index < -0.39 is 24.3 Å². The van der Waals surface area contributed by atoms with Crippen LogP contribution in [0.25, 0.3) is 0 Å². The predicted molar refractivity (Wildman–Crippen MR) is 343 cm³/mol. The number of unbranched alkanes of at least 4 members (excludes halogenated alkanes) is 42. The molecule has 0 aromatic rings. The first-order valence-electron chi connectivity index (χ1n) is 34.8. The van der Waals surface area contributed by atoms with E-state index in [2.05, 4.69) is 62.5 Å². The molecule has 9 heteroatoms. The molecule has 0 aliphatic carbocycles. The van der Waals surface area contributed by atoms with Gasteiger partial charge in [0.1, 0.15) is 13.2 Å². The van der Waals surface area contributed by atoms with Crippen LogP contribution in [0, 0.1) is 0 Å². The summed E-state index contributed by atoms with van der Waals surface area (Å²) in [6.07, 6.45) is 77.6. The van der Waals surface area contributed by atoms with Crippen molar-refractivity contribution >= 4 is 17.9 Å². The van der Waals surface area contributed by atoms with Gasteiger partial charge in [0.05, 0.1) is 40.3 Å². The lowest BCUT2D eigenvalue weighted by molar-refractivity contribution is -0.870. The standard InChI is InChI=1S/C72H133NO8/c1-6-8-10-12-14-16-18-20-22-24-26-28-30-31-32-33-34-35-36-37-38-39-41-43-45-47-49-51-53-55-57-59-61-63-70(75)81-68(67-80-72(71(76)77)78-65-64-73(3,4)5)66-79-69(74)62-60-58-56-54-52-50-48-46-44-42-40-29-27-25-23-21-19-17-15-13-11-9-7-2/h18,20,24-27,30-31,68,72H,6-17,19,21-23,28-29,32-67H2,1-5H3/b20-18-,26-24-,27-25-,31-30-. The van der Waals surface area contributed by atoms with Crippen molar-refractivity contribution in [1.29, 1.82) is 0 Å². The Morgan fingerprint density at radius 3 is 1.00 bits per heavy atom. The van der Waals surface area contributed by atoms with Crippen LogP contribution in [0.1, 0.15) is 335 Å². The molecule has 0 rings (SSSR count). The first-order chi connectivity index (χ1) is 39.6. The highest BCUT2D eigenvalue weighted by molar-refractivity contribution is 5.70. The number of carboxylic acids is 1. The van der Waals surface area contributed by atoms with E-state index in [9.17, 15) is 19.5 Å². The molecule has 9 nitrogen and oxygen atoms in total. The lowest BCUT2D eigenvalue weighted by atomic mass is 10.0. The lowest BCUT2D eigenvalue weighted by Gasteiger charge is -2.26. The Hall–Kier alpha value is -2.75. The Balaban J connectivity index is 4.08. The van der Waals surface area contributed by atoms with Crippen molar-refractivity contribution in [3.05, 3.63) is 48.6 Å². The summed E-state index contributed by atoms with van der Waals surface area (Å²) in [4.78, 5) is 37.5. The number of esters is 2. The number of allylic oxidation sites excluding steroid dienone is 8. The molecule has 0 aromatic heterocycles. The summed E-state index contributed by atoms with van der Waals surface area (Å²) >= 11 is 0. The number of carbonyl (C=O) groups excluding carboxylic acids is 3. The van der Waals surface area contributed by atoms with Crippen LogP contribution in [0.5, 0.6) is 0 Å². The van der Waals surface area contributed by atoms with E-state index in [4.69, 9.17) is 18.9 Å². The summed E-state index contributed by atoms with van der Waals surface area (Å²) in [6.45, 7) is 4.79. The molecule has 0 saturated heterocycles. The molecule has 0 saturated carbocycles. The lowest BCUT2D eigenvalue weighted by Crippen LogP contribution is -2.44. The van der Waals surface area contributed by atoms with Crippen LogP contribution in [0.4, 0.5) is 0 Å². The van der Waals surface area contributed by atoms with Gasteiger partial charge in [0.25, 0.3) is 0 Å². The number of quaternary nitrogens is 1. The van der Waals surface area contributed by atoms with Crippen molar-refractivity contribution in [3.63, 3.8) is 0 Å². The maximum Gasteiger partial charge on any atom is 0.306 e. The van der Waals surface area contributed by atoms with Crippen molar-refractivity contribution in [2.24, 2.45) is 0 Å². The number of hydrogen-bond acceptors (Lipinski definition) is 8. The minimum Gasteiger partial charge on any atom is -0.545 e. The average molecular weight is 1140 g/mol. The maximum atomic E-state index is 12.9. The molecular formula is C72H133NO8. The molecule has 0 bridgehead atoms. The molecule has 0 N–H and O–H groups in total. The van der Waals surface area contributed by atoms with Crippen molar-refractivity contribution < 1.29 is 42.9 Å². The summed E-state index contributed by atoms with van der Waals surface area (Å²) in [6, 6.07) is 0. The molecule has 0 heterocycles. The zero-order valence-electron chi connectivity index (χ0n) is 54.2. The number of nitrogens with zero attached hydrogens (tertiary/aromatic N) is 1. The fourth-order valence-electron chi connectivity index (χ4n) is 10.2. The van der Waals surface area contributed by atoms with E-state index in [0.29, 0.717) is 23.9 Å². The highest BCUT2D eigenvalue weighted by Gasteiger charge is 2.22. The summed E-state index contributed by atoms with van der Waals surface area (Å²) in [5, 5.41) is 11.8. The SMILES string of the molecule is CCCCCCC/C=C\C/C=C\C/C=C\CCCCCCCCCCCCCCCCCCCCC(=O)OC(COC(=O)CCCCCCCCCCCCC/C=C\CCCCCCCCCC)COC(OCC[N+](C)(C)C)C(=O)[O-]. The third-order valence-electron chi connectivity index (χ3n) is 15.5. The quantitative estimate of drug-likeness (QED) is 0.0195. The van der Waals surface area contributed by atoms with E-state index in [-0.39, 0.29) is 32.2 Å². The van der Waals surface area contributed by atoms with E-state index in [1.807, 2.05) is 21.1 Å². The minimum atomic E-state index is -1.62. The Bertz CT molecular complexity index is 1470. The van der Waals surface area contributed by atoms with E-state index in [1.165, 1.54) is 257 Å². The summed E-state index contributed by atoms with van der Waals surface area (Å²) in [5.41, 5.74) is 0. The first-order valence-corrected chi connectivity index (χ1v) is 34.8. The average Bonchev–Trinajstić information content (AvgIpc) is 3.44. The van der Waals surface area contributed by atoms with Gasteiger partial charge < -0.3 is 33.3 Å². The Labute approximate surface area is 502 Å². The van der Waals surface area contributed by atoms with Crippen molar-refractivity contribution in [2.75, 3.05) is 47.5 Å². The largest absolute Gasteiger partial charge is 0.545 e. The van der Waals surface area contributed by atoms with Gasteiger partial charge in [-0.15, -0.1) is 0 Å². The smallest absolute Gasteiger partial charge is 0.306 e. The Morgan fingerprint density at radius 1 is 0.370 bits per heavy atom. The molecule has 81 heavy (non-hydrogen) atoms. The molecule has 2 atom stereocenters. The topological polar surface area (TPSA) is 111 Å². The predicted octanol–water partition coefficient (Wildman–Crippen LogP) is 20.0. The highest BCUT2D eigenvalue weighted by Crippen LogP contribution is 2.18. The monoisotopic (exact) mass is 1140 g/mol. The van der Waals surface area contributed by atoms with Gasteiger partial charge in [0.15, 0.2) is 12.4 Å². The molecule has 474 valence electrons. The van der Waals surface area contributed by atoms with Crippen molar-refractivity contribution in [2.45, 2.75) is 347 Å². The summed E-state index contributed by atoms with van der Waals surface area (Å²) < 4.78 is 22.8. The van der Waals surface area contributed by atoms with Gasteiger partial charge in [-0.3, -0.25) is 9.59 Å². The van der Waals surface area contributed by atoms with Gasteiger partial charge in [0, 0.05) is 12.8 Å². The number of likely N-dealkylation sites (N-methyl/N-ethyl adjacent to an activating group) is 1. The van der Waals surface area contributed by atoms with Gasteiger partial charge in [-0.2, -0.15) is 0 Å². The fourth-order valence-corrected chi connectivity index (χ4v) is 10.2. The molecule has 0 fully saturated rings. The molecular weight excluding hydrogens is 1010 g/mol. The normalized spacial score (nSPS) is 13.0. The van der Waals surface area contributed by atoms with Crippen molar-refractivity contribution in [3.8, 4) is 0 Å². The fraction of sp³-hybridized carbons (Fsp3) is 0.847. The second kappa shape index (κ2) is 63.3.